The summed E-state index contributed by atoms with van der Waals surface area (Å²) >= 11 is 0. The molecule has 3 aromatic rings. The van der Waals surface area contributed by atoms with Gasteiger partial charge in [-0.05, 0) is 30.2 Å². The Balaban J connectivity index is 1.72. The van der Waals surface area contributed by atoms with E-state index in [0.717, 1.165) is 16.6 Å². The van der Waals surface area contributed by atoms with Gasteiger partial charge in [0.2, 0.25) is 0 Å². The minimum Gasteiger partial charge on any atom is -0.469 e. The van der Waals surface area contributed by atoms with E-state index in [4.69, 9.17) is 9.15 Å². The second-order valence-corrected chi connectivity index (χ2v) is 6.03. The van der Waals surface area contributed by atoms with E-state index in [-0.39, 0.29) is 17.8 Å². The van der Waals surface area contributed by atoms with Crippen molar-refractivity contribution in [2.24, 2.45) is 0 Å². The van der Waals surface area contributed by atoms with Crippen molar-refractivity contribution in [2.75, 3.05) is 18.6 Å². The molecule has 0 aliphatic carbocycles. The number of hydrogen-bond acceptors (Lipinski definition) is 4. The fraction of sp³-hybridized carbons (Fsp3) is 0.200. The minimum absolute atomic E-state index is 0.202. The number of methoxy groups -OCH3 is 1. The van der Waals surface area contributed by atoms with Crippen LogP contribution in [-0.4, -0.2) is 25.5 Å². The third-order valence-electron chi connectivity index (χ3n) is 4.61. The molecule has 126 valence electrons. The number of esters is 1. The highest BCUT2D eigenvalue weighted by Crippen LogP contribution is 2.37. The summed E-state index contributed by atoms with van der Waals surface area (Å²) in [6.45, 7) is 0.437. The predicted molar refractivity (Wildman–Crippen MR) is 93.7 cm³/mol. The van der Waals surface area contributed by atoms with Gasteiger partial charge in [-0.25, -0.2) is 0 Å². The Labute approximate surface area is 144 Å². The van der Waals surface area contributed by atoms with Gasteiger partial charge < -0.3 is 14.1 Å². The molecule has 4 rings (SSSR count). The standard InChI is InChI=1S/C20H17NO4/c1-24-20(23)15-10-11-21(16-8-4-3-7-14(15)16)19(22)18-12-13-6-2-5-9-17(13)25-18/h2-9,12,15H,10-11H2,1H3/t15-/m1/s1. The van der Waals surface area contributed by atoms with Crippen molar-refractivity contribution in [2.45, 2.75) is 12.3 Å². The normalized spacial score (nSPS) is 16.5. The van der Waals surface area contributed by atoms with E-state index in [1.165, 1.54) is 7.11 Å². The molecule has 5 heteroatoms. The first-order valence-electron chi connectivity index (χ1n) is 8.16. The van der Waals surface area contributed by atoms with Gasteiger partial charge in [-0.15, -0.1) is 0 Å². The second-order valence-electron chi connectivity index (χ2n) is 6.03. The highest BCUT2D eigenvalue weighted by molar-refractivity contribution is 6.07. The van der Waals surface area contributed by atoms with Gasteiger partial charge in [-0.1, -0.05) is 36.4 Å². The summed E-state index contributed by atoms with van der Waals surface area (Å²) in [7, 11) is 1.39. The fourth-order valence-corrected chi connectivity index (χ4v) is 3.38. The monoisotopic (exact) mass is 335 g/mol. The summed E-state index contributed by atoms with van der Waals surface area (Å²) in [5.41, 5.74) is 2.23. The zero-order valence-electron chi connectivity index (χ0n) is 13.8. The molecule has 0 radical (unpaired) electrons. The quantitative estimate of drug-likeness (QED) is 0.669. The van der Waals surface area contributed by atoms with Gasteiger partial charge in [-0.2, -0.15) is 0 Å². The number of hydrogen-bond donors (Lipinski definition) is 0. The Morgan fingerprint density at radius 1 is 1.12 bits per heavy atom. The van der Waals surface area contributed by atoms with Crippen LogP contribution >= 0.6 is 0 Å². The van der Waals surface area contributed by atoms with Gasteiger partial charge >= 0.3 is 5.97 Å². The first-order chi connectivity index (χ1) is 12.2. The molecule has 0 bridgehead atoms. The lowest BCUT2D eigenvalue weighted by atomic mass is 9.90. The zero-order valence-corrected chi connectivity index (χ0v) is 13.8. The van der Waals surface area contributed by atoms with Crippen molar-refractivity contribution in [1.82, 2.24) is 0 Å². The number of furan rings is 1. The van der Waals surface area contributed by atoms with Crippen LogP contribution in [0.3, 0.4) is 0 Å². The fourth-order valence-electron chi connectivity index (χ4n) is 3.38. The molecule has 5 nitrogen and oxygen atoms in total. The number of fused-ring (bicyclic) bond motifs is 2. The van der Waals surface area contributed by atoms with Crippen LogP contribution in [0.1, 0.15) is 28.5 Å². The summed E-state index contributed by atoms with van der Waals surface area (Å²) in [6.07, 6.45) is 0.523. The molecule has 1 atom stereocenters. The highest BCUT2D eigenvalue weighted by Gasteiger charge is 2.34. The molecule has 0 saturated carbocycles. The van der Waals surface area contributed by atoms with E-state index < -0.39 is 0 Å². The van der Waals surface area contributed by atoms with Gasteiger partial charge in [0.05, 0.1) is 13.0 Å². The van der Waals surface area contributed by atoms with Crippen LogP contribution in [0.4, 0.5) is 5.69 Å². The molecule has 0 unspecified atom stereocenters. The lowest BCUT2D eigenvalue weighted by Crippen LogP contribution is -2.38. The zero-order chi connectivity index (χ0) is 17.4. The maximum absolute atomic E-state index is 13.0. The van der Waals surface area contributed by atoms with Gasteiger partial charge in [0, 0.05) is 17.6 Å². The van der Waals surface area contributed by atoms with Crippen molar-refractivity contribution in [3.8, 4) is 0 Å². The van der Waals surface area contributed by atoms with E-state index in [2.05, 4.69) is 0 Å². The molecule has 0 fully saturated rings. The summed E-state index contributed by atoms with van der Waals surface area (Å²) < 4.78 is 10.6. The summed E-state index contributed by atoms with van der Waals surface area (Å²) in [5, 5.41) is 0.892. The summed E-state index contributed by atoms with van der Waals surface area (Å²) in [4.78, 5) is 26.7. The molecular formula is C20H17NO4. The van der Waals surface area contributed by atoms with Crippen LogP contribution in [0.15, 0.2) is 59.0 Å². The molecule has 1 amide bonds. The van der Waals surface area contributed by atoms with E-state index in [1.54, 1.807) is 11.0 Å². The average Bonchev–Trinajstić information content (AvgIpc) is 3.10. The van der Waals surface area contributed by atoms with Crippen molar-refractivity contribution in [1.29, 1.82) is 0 Å². The number of nitrogens with zero attached hydrogens (tertiary/aromatic N) is 1. The lowest BCUT2D eigenvalue weighted by molar-refractivity contribution is -0.142. The summed E-state index contributed by atoms with van der Waals surface area (Å²) in [6, 6.07) is 16.7. The van der Waals surface area contributed by atoms with E-state index >= 15 is 0 Å². The van der Waals surface area contributed by atoms with Crippen molar-refractivity contribution >= 4 is 28.5 Å². The van der Waals surface area contributed by atoms with Crippen LogP contribution in [0.2, 0.25) is 0 Å². The van der Waals surface area contributed by atoms with Crippen LogP contribution in [0, 0.1) is 0 Å². The first-order valence-corrected chi connectivity index (χ1v) is 8.16. The smallest absolute Gasteiger partial charge is 0.313 e. The lowest BCUT2D eigenvalue weighted by Gasteiger charge is -2.32. The van der Waals surface area contributed by atoms with Crippen molar-refractivity contribution < 1.29 is 18.7 Å². The van der Waals surface area contributed by atoms with Crippen LogP contribution in [0.25, 0.3) is 11.0 Å². The SMILES string of the molecule is COC(=O)[C@@H]1CCN(C(=O)c2cc3ccccc3o2)c2ccccc21. The largest absolute Gasteiger partial charge is 0.469 e. The number of ether oxygens (including phenoxy) is 1. The molecule has 0 N–H and O–H groups in total. The van der Waals surface area contributed by atoms with Gasteiger partial charge in [0.25, 0.3) is 5.91 Å². The molecular weight excluding hydrogens is 318 g/mol. The molecule has 25 heavy (non-hydrogen) atoms. The molecule has 1 aliphatic rings. The number of amides is 1. The molecule has 1 aromatic heterocycles. The van der Waals surface area contributed by atoms with E-state index in [1.807, 2.05) is 48.5 Å². The molecule has 0 saturated heterocycles. The van der Waals surface area contributed by atoms with Crippen LogP contribution in [0.5, 0.6) is 0 Å². The molecule has 2 aromatic carbocycles. The third kappa shape index (κ3) is 2.58. The topological polar surface area (TPSA) is 59.8 Å². The Kier molecular flexibility index (Phi) is 3.76. The number of rotatable bonds is 2. The molecule has 2 heterocycles. The van der Waals surface area contributed by atoms with Crippen molar-refractivity contribution in [3.63, 3.8) is 0 Å². The van der Waals surface area contributed by atoms with Gasteiger partial charge in [-0.3, -0.25) is 9.59 Å². The maximum atomic E-state index is 13.0. The highest BCUT2D eigenvalue weighted by atomic mass is 16.5. The number of benzene rings is 2. The Bertz CT molecular complexity index is 926. The molecule has 1 aliphatic heterocycles. The van der Waals surface area contributed by atoms with Crippen LogP contribution < -0.4 is 4.90 Å². The second kappa shape index (κ2) is 6.09. The number of anilines is 1. The molecule has 0 spiro atoms. The maximum Gasteiger partial charge on any atom is 0.313 e. The first kappa shape index (κ1) is 15.4. The number of carbonyl (C=O) groups excluding carboxylic acids is 2. The number of carbonyl (C=O) groups is 2. The summed E-state index contributed by atoms with van der Waals surface area (Å²) in [5.74, 6) is -0.524. The third-order valence-corrected chi connectivity index (χ3v) is 4.61. The van der Waals surface area contributed by atoms with Gasteiger partial charge in [0.1, 0.15) is 5.58 Å². The Hall–Kier alpha value is -3.08. The van der Waals surface area contributed by atoms with Gasteiger partial charge in [0.15, 0.2) is 5.76 Å². The number of para-hydroxylation sites is 2. The Morgan fingerprint density at radius 2 is 1.88 bits per heavy atom. The minimum atomic E-state index is -0.346. The van der Waals surface area contributed by atoms with Crippen LogP contribution in [-0.2, 0) is 9.53 Å². The predicted octanol–water partition coefficient (Wildman–Crippen LogP) is 3.74. The van der Waals surface area contributed by atoms with E-state index in [0.29, 0.717) is 24.3 Å². The van der Waals surface area contributed by atoms with E-state index in [9.17, 15) is 9.59 Å². The average molecular weight is 335 g/mol. The van der Waals surface area contributed by atoms with Crippen molar-refractivity contribution in [3.05, 3.63) is 65.9 Å². The Morgan fingerprint density at radius 3 is 2.68 bits per heavy atom.